The highest BCUT2D eigenvalue weighted by Crippen LogP contribution is 2.25. The van der Waals surface area contributed by atoms with Crippen LogP contribution < -0.4 is 5.14 Å². The summed E-state index contributed by atoms with van der Waals surface area (Å²) >= 11 is 2.63. The van der Waals surface area contributed by atoms with E-state index in [4.69, 9.17) is 10.4 Å². The molecular weight excluding hydrogens is 278 g/mol. The predicted molar refractivity (Wildman–Crippen MR) is 70.2 cm³/mol. The molecule has 0 aliphatic rings. The average molecular weight is 287 g/mol. The van der Waals surface area contributed by atoms with Gasteiger partial charge in [0.05, 0.1) is 4.90 Å². The van der Waals surface area contributed by atoms with Gasteiger partial charge in [-0.1, -0.05) is 11.8 Å². The molecule has 1 rings (SSSR count). The normalized spacial score (nSPS) is 12.2. The number of primary sulfonamides is 1. The Balaban J connectivity index is 2.90. The van der Waals surface area contributed by atoms with Crippen LogP contribution in [-0.2, 0) is 10.0 Å². The molecule has 0 spiro atoms. The number of nitrogens with zero attached hydrogens (tertiary/aromatic N) is 2. The van der Waals surface area contributed by atoms with Gasteiger partial charge in [0.25, 0.3) is 0 Å². The van der Waals surface area contributed by atoms with Crippen LogP contribution in [0.25, 0.3) is 0 Å². The summed E-state index contributed by atoms with van der Waals surface area (Å²) in [5.41, 5.74) is 0. The maximum Gasteiger partial charge on any atom is 0.238 e. The first-order chi connectivity index (χ1) is 7.97. The molecule has 0 unspecified atom stereocenters. The fourth-order valence-electron chi connectivity index (χ4n) is 0.949. The Labute approximate surface area is 108 Å². The van der Waals surface area contributed by atoms with Gasteiger partial charge < -0.3 is 0 Å². The van der Waals surface area contributed by atoms with Crippen LogP contribution in [0.15, 0.2) is 39.0 Å². The molecule has 0 heterocycles. The molecule has 1 aromatic rings. The summed E-state index contributed by atoms with van der Waals surface area (Å²) in [6.45, 7) is 0. The van der Waals surface area contributed by atoms with E-state index < -0.39 is 10.0 Å². The van der Waals surface area contributed by atoms with E-state index in [1.165, 1.54) is 35.7 Å². The lowest BCUT2D eigenvalue weighted by molar-refractivity contribution is 0.597. The molecule has 5 nitrogen and oxygen atoms in total. The zero-order valence-electron chi connectivity index (χ0n) is 8.82. The van der Waals surface area contributed by atoms with Crippen LogP contribution in [-0.4, -0.2) is 19.0 Å². The minimum absolute atomic E-state index is 0.0600. The van der Waals surface area contributed by atoms with Gasteiger partial charge in [-0.2, -0.15) is 10.3 Å². The summed E-state index contributed by atoms with van der Waals surface area (Å²) in [6, 6.07) is 6.07. The Morgan fingerprint density at radius 1 is 1.41 bits per heavy atom. The van der Waals surface area contributed by atoms with Crippen molar-refractivity contribution in [2.24, 2.45) is 10.1 Å². The van der Waals surface area contributed by atoms with Gasteiger partial charge >= 0.3 is 0 Å². The van der Waals surface area contributed by atoms with Gasteiger partial charge in [0.2, 0.25) is 16.2 Å². The average Bonchev–Trinajstić information content (AvgIpc) is 2.28. The molecule has 90 valence electrons. The van der Waals surface area contributed by atoms with E-state index in [0.29, 0.717) is 4.38 Å². The first-order valence-corrected chi connectivity index (χ1v) is 7.87. The van der Waals surface area contributed by atoms with Crippen LogP contribution in [0.5, 0.6) is 0 Å². The van der Waals surface area contributed by atoms with Crippen molar-refractivity contribution in [3.63, 3.8) is 0 Å². The van der Waals surface area contributed by atoms with Gasteiger partial charge in [-0.15, -0.1) is 11.8 Å². The predicted octanol–water partition coefficient (Wildman–Crippen LogP) is 1.63. The van der Waals surface area contributed by atoms with E-state index in [2.05, 4.69) is 4.99 Å². The smallest absolute Gasteiger partial charge is 0.225 e. The first-order valence-electron chi connectivity index (χ1n) is 4.29. The lowest BCUT2D eigenvalue weighted by Gasteiger charge is -2.02. The van der Waals surface area contributed by atoms with Crippen molar-refractivity contribution in [3.8, 4) is 6.19 Å². The molecule has 0 atom stereocenters. The van der Waals surface area contributed by atoms with Crippen LogP contribution in [0.1, 0.15) is 0 Å². The third-order valence-corrected chi connectivity index (χ3v) is 4.57. The van der Waals surface area contributed by atoms with Crippen LogP contribution >= 0.6 is 23.5 Å². The van der Waals surface area contributed by atoms with Gasteiger partial charge in [0.1, 0.15) is 4.38 Å². The minimum Gasteiger partial charge on any atom is -0.225 e. The first kappa shape index (κ1) is 14.1. The molecular formula is C9H9N3O2S3. The number of nitriles is 1. The molecule has 0 aliphatic heterocycles. The molecule has 8 heteroatoms. The molecule has 0 amide bonds. The topological polar surface area (TPSA) is 96.3 Å². The summed E-state index contributed by atoms with van der Waals surface area (Å²) in [5, 5.41) is 13.4. The van der Waals surface area contributed by atoms with E-state index in [1.807, 2.05) is 6.26 Å². The molecule has 0 fully saturated rings. The van der Waals surface area contributed by atoms with E-state index in [0.717, 1.165) is 4.90 Å². The Morgan fingerprint density at radius 2 is 2.00 bits per heavy atom. The second-order valence-corrected chi connectivity index (χ2v) is 6.48. The van der Waals surface area contributed by atoms with Crippen molar-refractivity contribution < 1.29 is 8.42 Å². The van der Waals surface area contributed by atoms with Crippen molar-refractivity contribution in [2.75, 3.05) is 6.26 Å². The van der Waals surface area contributed by atoms with Crippen LogP contribution in [0.2, 0.25) is 0 Å². The number of aliphatic imine (C=N–C) groups is 1. The summed E-state index contributed by atoms with van der Waals surface area (Å²) in [7, 11) is -3.66. The quantitative estimate of drug-likeness (QED) is 0.386. The molecule has 0 saturated carbocycles. The van der Waals surface area contributed by atoms with Gasteiger partial charge in [0.15, 0.2) is 0 Å². The SMILES string of the molecule is CSC(=NC#N)Sc1ccc(S(N)(=O)=O)cc1. The Hall–Kier alpha value is -1.01. The lowest BCUT2D eigenvalue weighted by Crippen LogP contribution is -2.11. The number of rotatable bonds is 2. The summed E-state index contributed by atoms with van der Waals surface area (Å²) in [6.07, 6.45) is 3.51. The van der Waals surface area contributed by atoms with E-state index >= 15 is 0 Å². The van der Waals surface area contributed by atoms with Crippen LogP contribution in [0, 0.1) is 11.5 Å². The standard InChI is InChI=1S/C9H9N3O2S3/c1-15-9(12-6-10)16-7-2-4-8(5-3-7)17(11,13)14/h2-5H,1H3,(H2,11,13,14). The molecule has 1 aromatic carbocycles. The number of nitrogens with two attached hydrogens (primary N) is 1. The second kappa shape index (κ2) is 6.07. The molecule has 0 bridgehead atoms. The molecule has 17 heavy (non-hydrogen) atoms. The number of hydrogen-bond acceptors (Lipinski definition) is 6. The van der Waals surface area contributed by atoms with Gasteiger partial charge in [-0.25, -0.2) is 13.6 Å². The fourth-order valence-corrected chi connectivity index (χ4v) is 2.78. The summed E-state index contributed by atoms with van der Waals surface area (Å²) in [4.78, 5) is 4.47. The van der Waals surface area contributed by atoms with Gasteiger partial charge in [-0.3, -0.25) is 0 Å². The number of sulfonamides is 1. The van der Waals surface area contributed by atoms with E-state index in [9.17, 15) is 8.42 Å². The highest BCUT2D eigenvalue weighted by atomic mass is 32.2. The zero-order valence-corrected chi connectivity index (χ0v) is 11.3. The van der Waals surface area contributed by atoms with Crippen molar-refractivity contribution in [1.29, 1.82) is 5.26 Å². The Bertz CT molecular complexity index is 558. The van der Waals surface area contributed by atoms with Crippen molar-refractivity contribution in [1.82, 2.24) is 0 Å². The molecule has 0 saturated heterocycles. The highest BCUT2D eigenvalue weighted by molar-refractivity contribution is 8.38. The third-order valence-electron chi connectivity index (χ3n) is 1.67. The summed E-state index contributed by atoms with van der Waals surface area (Å²) < 4.78 is 22.6. The number of benzene rings is 1. The minimum atomic E-state index is -3.66. The van der Waals surface area contributed by atoms with E-state index in [-0.39, 0.29) is 4.90 Å². The van der Waals surface area contributed by atoms with Gasteiger partial charge in [0, 0.05) is 4.90 Å². The van der Waals surface area contributed by atoms with Crippen molar-refractivity contribution >= 4 is 37.9 Å². The fraction of sp³-hybridized carbons (Fsp3) is 0.111. The molecule has 0 aromatic heterocycles. The summed E-state index contributed by atoms with van der Waals surface area (Å²) in [5.74, 6) is 0. The molecule has 0 radical (unpaired) electrons. The van der Waals surface area contributed by atoms with Gasteiger partial charge in [-0.05, 0) is 30.5 Å². The molecule has 2 N–H and O–H groups in total. The van der Waals surface area contributed by atoms with E-state index in [1.54, 1.807) is 18.3 Å². The van der Waals surface area contributed by atoms with Crippen LogP contribution in [0.4, 0.5) is 0 Å². The lowest BCUT2D eigenvalue weighted by atomic mass is 10.4. The Morgan fingerprint density at radius 3 is 2.41 bits per heavy atom. The largest absolute Gasteiger partial charge is 0.238 e. The van der Waals surface area contributed by atoms with Crippen molar-refractivity contribution in [3.05, 3.63) is 24.3 Å². The number of thioether (sulfide) groups is 2. The Kier molecular flexibility index (Phi) is 5.02. The zero-order chi connectivity index (χ0) is 12.9. The molecule has 0 aliphatic carbocycles. The second-order valence-electron chi connectivity index (χ2n) is 2.80. The maximum absolute atomic E-state index is 11.0. The van der Waals surface area contributed by atoms with Crippen LogP contribution in [0.3, 0.4) is 0 Å². The number of hydrogen-bond donors (Lipinski definition) is 1. The van der Waals surface area contributed by atoms with Crippen molar-refractivity contribution in [2.45, 2.75) is 9.79 Å². The monoisotopic (exact) mass is 287 g/mol. The highest BCUT2D eigenvalue weighted by Gasteiger charge is 2.08. The maximum atomic E-state index is 11.0. The third kappa shape index (κ3) is 4.40.